The third kappa shape index (κ3) is 3.36. The molecule has 1 aliphatic carbocycles. The van der Waals surface area contributed by atoms with Crippen molar-refractivity contribution in [1.29, 1.82) is 0 Å². The molecular weight excluding hydrogens is 218 g/mol. The van der Waals surface area contributed by atoms with Gasteiger partial charge in [0.1, 0.15) is 0 Å². The summed E-state index contributed by atoms with van der Waals surface area (Å²) in [4.78, 5) is 2.33. The quantitative estimate of drug-likeness (QED) is 0.708. The van der Waals surface area contributed by atoms with Crippen LogP contribution in [0.3, 0.4) is 0 Å². The molecule has 0 spiro atoms. The number of hydrogen-bond acceptors (Lipinski definition) is 1. The third-order valence-electron chi connectivity index (χ3n) is 3.09. The van der Waals surface area contributed by atoms with Gasteiger partial charge in [-0.05, 0) is 37.5 Å². The molecule has 0 aromatic rings. The molecule has 0 fully saturated rings. The van der Waals surface area contributed by atoms with Gasteiger partial charge in [0.2, 0.25) is 0 Å². The number of allylic oxidation sites excluding steroid dienone is 6. The number of rotatable bonds is 2. The standard InChI is InChI=1S/C14H18ClN/c1-16-10-8-13(9-11-16)3-2-12-4-6-14(15)7-5-12/h2-4,6-8,12H,5,9-11H2,1H3/b3-2+. The van der Waals surface area contributed by atoms with E-state index in [1.807, 2.05) is 6.08 Å². The van der Waals surface area contributed by atoms with Gasteiger partial charge in [-0.2, -0.15) is 0 Å². The van der Waals surface area contributed by atoms with Crippen LogP contribution in [0.4, 0.5) is 0 Å². The molecule has 1 heterocycles. The summed E-state index contributed by atoms with van der Waals surface area (Å²) in [6.45, 7) is 2.24. The SMILES string of the molecule is CN1CC=C(/C=C/C2C=CC(Cl)=CC2)CC1. The van der Waals surface area contributed by atoms with Crippen molar-refractivity contribution in [2.75, 3.05) is 20.1 Å². The Labute approximate surface area is 103 Å². The maximum Gasteiger partial charge on any atom is 0.0363 e. The summed E-state index contributed by atoms with van der Waals surface area (Å²) in [5.41, 5.74) is 1.46. The second-order valence-electron chi connectivity index (χ2n) is 4.50. The third-order valence-corrected chi connectivity index (χ3v) is 3.37. The molecular formula is C14H18ClN. The zero-order chi connectivity index (χ0) is 11.4. The molecule has 0 N–H and O–H groups in total. The van der Waals surface area contributed by atoms with E-state index in [1.54, 1.807) is 0 Å². The van der Waals surface area contributed by atoms with Gasteiger partial charge >= 0.3 is 0 Å². The summed E-state index contributed by atoms with van der Waals surface area (Å²) in [7, 11) is 2.16. The van der Waals surface area contributed by atoms with Crippen molar-refractivity contribution in [3.8, 4) is 0 Å². The Bertz CT molecular complexity index is 363. The lowest BCUT2D eigenvalue weighted by molar-refractivity contribution is 0.361. The predicted molar refractivity (Wildman–Crippen MR) is 70.5 cm³/mol. The fraction of sp³-hybridized carbons (Fsp3) is 0.429. The van der Waals surface area contributed by atoms with Crippen LogP contribution >= 0.6 is 11.6 Å². The van der Waals surface area contributed by atoms with Crippen molar-refractivity contribution in [1.82, 2.24) is 4.90 Å². The van der Waals surface area contributed by atoms with Crippen LogP contribution < -0.4 is 0 Å². The minimum Gasteiger partial charge on any atom is -0.302 e. The highest BCUT2D eigenvalue weighted by Gasteiger charge is 2.07. The van der Waals surface area contributed by atoms with Crippen LogP contribution in [0.1, 0.15) is 12.8 Å². The molecule has 1 atom stereocenters. The first-order valence-corrected chi connectivity index (χ1v) is 6.21. The Morgan fingerprint density at radius 3 is 2.94 bits per heavy atom. The van der Waals surface area contributed by atoms with E-state index in [0.717, 1.165) is 18.0 Å². The topological polar surface area (TPSA) is 3.24 Å². The smallest absolute Gasteiger partial charge is 0.0363 e. The van der Waals surface area contributed by atoms with Gasteiger partial charge in [0.05, 0.1) is 0 Å². The molecule has 2 rings (SSSR count). The van der Waals surface area contributed by atoms with E-state index < -0.39 is 0 Å². The molecule has 1 unspecified atom stereocenters. The van der Waals surface area contributed by atoms with E-state index in [-0.39, 0.29) is 0 Å². The minimum atomic E-state index is 0.517. The zero-order valence-electron chi connectivity index (χ0n) is 9.70. The van der Waals surface area contributed by atoms with Crippen LogP contribution in [0.15, 0.2) is 47.1 Å². The fourth-order valence-electron chi connectivity index (χ4n) is 1.94. The molecule has 0 saturated heterocycles. The van der Waals surface area contributed by atoms with E-state index in [1.165, 1.54) is 18.5 Å². The fourth-order valence-corrected chi connectivity index (χ4v) is 2.10. The number of halogens is 1. The summed E-state index contributed by atoms with van der Waals surface area (Å²) in [6.07, 6.45) is 15.3. The maximum atomic E-state index is 5.88. The van der Waals surface area contributed by atoms with Crippen molar-refractivity contribution in [3.05, 3.63) is 47.1 Å². The first-order valence-electron chi connectivity index (χ1n) is 5.83. The average Bonchev–Trinajstić information content (AvgIpc) is 2.30. The number of likely N-dealkylation sites (N-methyl/N-ethyl adjacent to an activating group) is 1. The lowest BCUT2D eigenvalue weighted by Crippen LogP contribution is -2.23. The van der Waals surface area contributed by atoms with Crippen LogP contribution in [-0.2, 0) is 0 Å². The average molecular weight is 236 g/mol. The van der Waals surface area contributed by atoms with E-state index in [2.05, 4.69) is 42.3 Å². The summed E-state index contributed by atoms with van der Waals surface area (Å²) in [5, 5.41) is 0.864. The van der Waals surface area contributed by atoms with Crippen LogP contribution in [0.25, 0.3) is 0 Å². The highest BCUT2D eigenvalue weighted by atomic mass is 35.5. The minimum absolute atomic E-state index is 0.517. The molecule has 86 valence electrons. The van der Waals surface area contributed by atoms with E-state index in [4.69, 9.17) is 11.6 Å². The van der Waals surface area contributed by atoms with Gasteiger partial charge < -0.3 is 4.90 Å². The van der Waals surface area contributed by atoms with Gasteiger partial charge in [-0.1, -0.05) is 42.0 Å². The first kappa shape index (κ1) is 11.7. The molecule has 1 nitrogen and oxygen atoms in total. The van der Waals surface area contributed by atoms with Crippen LogP contribution in [0.2, 0.25) is 0 Å². The normalized spacial score (nSPS) is 27.0. The highest BCUT2D eigenvalue weighted by molar-refractivity contribution is 6.31. The molecule has 16 heavy (non-hydrogen) atoms. The number of nitrogens with zero attached hydrogens (tertiary/aromatic N) is 1. The van der Waals surface area contributed by atoms with E-state index in [9.17, 15) is 0 Å². The molecule has 0 bridgehead atoms. The maximum absolute atomic E-state index is 5.88. The van der Waals surface area contributed by atoms with Crippen LogP contribution in [0.5, 0.6) is 0 Å². The number of hydrogen-bond donors (Lipinski definition) is 0. The van der Waals surface area contributed by atoms with Crippen molar-refractivity contribution < 1.29 is 0 Å². The second kappa shape index (κ2) is 5.51. The largest absolute Gasteiger partial charge is 0.302 e. The van der Waals surface area contributed by atoms with Gasteiger partial charge in [0.25, 0.3) is 0 Å². The Balaban J connectivity index is 1.88. The Morgan fingerprint density at radius 1 is 1.44 bits per heavy atom. The van der Waals surface area contributed by atoms with E-state index in [0.29, 0.717) is 5.92 Å². The molecule has 0 radical (unpaired) electrons. The first-order chi connectivity index (χ1) is 7.74. The van der Waals surface area contributed by atoms with Gasteiger partial charge in [-0.15, -0.1) is 0 Å². The highest BCUT2D eigenvalue weighted by Crippen LogP contribution is 2.21. The molecule has 0 aromatic heterocycles. The lowest BCUT2D eigenvalue weighted by Gasteiger charge is -2.20. The molecule has 0 amide bonds. The summed E-state index contributed by atoms with van der Waals surface area (Å²) in [6, 6.07) is 0. The Hall–Kier alpha value is -0.790. The zero-order valence-corrected chi connectivity index (χ0v) is 10.5. The predicted octanol–water partition coefficient (Wildman–Crippen LogP) is 3.50. The molecule has 2 aliphatic rings. The van der Waals surface area contributed by atoms with Gasteiger partial charge in [-0.25, -0.2) is 0 Å². The summed E-state index contributed by atoms with van der Waals surface area (Å²) in [5.74, 6) is 0.517. The van der Waals surface area contributed by atoms with E-state index >= 15 is 0 Å². The van der Waals surface area contributed by atoms with Crippen LogP contribution in [-0.4, -0.2) is 25.0 Å². The van der Waals surface area contributed by atoms with Gasteiger partial charge in [-0.3, -0.25) is 0 Å². The van der Waals surface area contributed by atoms with Crippen LogP contribution in [0, 0.1) is 5.92 Å². The summed E-state index contributed by atoms with van der Waals surface area (Å²) < 4.78 is 0. The monoisotopic (exact) mass is 235 g/mol. The van der Waals surface area contributed by atoms with Crippen molar-refractivity contribution in [3.63, 3.8) is 0 Å². The second-order valence-corrected chi connectivity index (χ2v) is 4.93. The van der Waals surface area contributed by atoms with Crippen molar-refractivity contribution in [2.45, 2.75) is 12.8 Å². The van der Waals surface area contributed by atoms with Crippen molar-refractivity contribution >= 4 is 11.6 Å². The van der Waals surface area contributed by atoms with Gasteiger partial charge in [0.15, 0.2) is 0 Å². The van der Waals surface area contributed by atoms with Crippen molar-refractivity contribution in [2.24, 2.45) is 5.92 Å². The summed E-state index contributed by atoms with van der Waals surface area (Å²) >= 11 is 5.88. The molecule has 0 aromatic carbocycles. The molecule has 0 saturated carbocycles. The Kier molecular flexibility index (Phi) is 4.03. The molecule has 2 heteroatoms. The van der Waals surface area contributed by atoms with Gasteiger partial charge in [0, 0.05) is 18.1 Å². The molecule has 1 aliphatic heterocycles. The Morgan fingerprint density at radius 2 is 2.31 bits per heavy atom. The lowest BCUT2D eigenvalue weighted by atomic mass is 9.98.